The molecule has 0 fully saturated rings. The summed E-state index contributed by atoms with van der Waals surface area (Å²) in [6.07, 6.45) is 2.89. The zero-order valence-corrected chi connectivity index (χ0v) is 11.8. The number of fused-ring (bicyclic) bond motifs is 1. The van der Waals surface area contributed by atoms with E-state index in [-0.39, 0.29) is 11.9 Å². The number of rotatable bonds is 2. The minimum Gasteiger partial charge on any atom is -0.361 e. The van der Waals surface area contributed by atoms with E-state index in [1.165, 1.54) is 11.1 Å². The maximum Gasteiger partial charge on any atom is 0.257 e. The molecular weight excluding hydrogens is 252 g/mol. The fourth-order valence-corrected chi connectivity index (χ4v) is 2.89. The minimum absolute atomic E-state index is 0.0781. The van der Waals surface area contributed by atoms with Crippen LogP contribution in [0, 0.1) is 13.8 Å². The number of hydrogen-bond donors (Lipinski definition) is 1. The standard InChI is InChI=1S/C16H18N2O2/c1-10-15(11(2)20-18-10)16(19)17-14-8-7-12-5-3-4-6-13(12)9-14/h3-6,14H,7-9H2,1-2H3,(H,17,19). The highest BCUT2D eigenvalue weighted by molar-refractivity contribution is 5.96. The Balaban J connectivity index is 1.73. The summed E-state index contributed by atoms with van der Waals surface area (Å²) in [5, 5.41) is 6.94. The van der Waals surface area contributed by atoms with E-state index in [1.807, 2.05) is 0 Å². The van der Waals surface area contributed by atoms with Gasteiger partial charge in [0, 0.05) is 6.04 Å². The van der Waals surface area contributed by atoms with Crippen LogP contribution in [0.25, 0.3) is 0 Å². The molecule has 0 bridgehead atoms. The van der Waals surface area contributed by atoms with Crippen molar-refractivity contribution in [1.82, 2.24) is 10.5 Å². The summed E-state index contributed by atoms with van der Waals surface area (Å²) in [4.78, 5) is 12.3. The molecule has 1 N–H and O–H groups in total. The number of nitrogens with zero attached hydrogens (tertiary/aromatic N) is 1. The molecule has 0 aliphatic heterocycles. The Morgan fingerprint density at radius 2 is 2.05 bits per heavy atom. The Morgan fingerprint density at radius 3 is 2.75 bits per heavy atom. The lowest BCUT2D eigenvalue weighted by molar-refractivity contribution is 0.0931. The van der Waals surface area contributed by atoms with Crippen molar-refractivity contribution in [1.29, 1.82) is 0 Å². The van der Waals surface area contributed by atoms with E-state index in [4.69, 9.17) is 4.52 Å². The van der Waals surface area contributed by atoms with Gasteiger partial charge in [-0.2, -0.15) is 0 Å². The first-order chi connectivity index (χ1) is 9.65. The van der Waals surface area contributed by atoms with Crippen LogP contribution < -0.4 is 5.32 Å². The molecule has 2 aromatic rings. The third kappa shape index (κ3) is 2.33. The summed E-state index contributed by atoms with van der Waals surface area (Å²) in [6, 6.07) is 8.62. The number of hydrogen-bond acceptors (Lipinski definition) is 3. The molecule has 104 valence electrons. The van der Waals surface area contributed by atoms with Crippen molar-refractivity contribution in [2.24, 2.45) is 0 Å². The molecule has 0 saturated heterocycles. The van der Waals surface area contributed by atoms with Crippen LogP contribution in [0.1, 0.15) is 39.4 Å². The summed E-state index contributed by atoms with van der Waals surface area (Å²) in [7, 11) is 0. The van der Waals surface area contributed by atoms with Gasteiger partial charge in [0.2, 0.25) is 0 Å². The van der Waals surface area contributed by atoms with Gasteiger partial charge >= 0.3 is 0 Å². The molecule has 0 radical (unpaired) electrons. The lowest BCUT2D eigenvalue weighted by Gasteiger charge is -2.25. The van der Waals surface area contributed by atoms with E-state index in [0.717, 1.165) is 19.3 Å². The van der Waals surface area contributed by atoms with Crippen molar-refractivity contribution in [2.75, 3.05) is 0 Å². The van der Waals surface area contributed by atoms with E-state index >= 15 is 0 Å². The van der Waals surface area contributed by atoms with Crippen LogP contribution in [0.3, 0.4) is 0 Å². The number of aryl methyl sites for hydroxylation is 3. The van der Waals surface area contributed by atoms with Crippen molar-refractivity contribution in [2.45, 2.75) is 39.2 Å². The number of carbonyl (C=O) groups is 1. The second-order valence-corrected chi connectivity index (χ2v) is 5.38. The first kappa shape index (κ1) is 12.9. The minimum atomic E-state index is -0.0781. The summed E-state index contributed by atoms with van der Waals surface area (Å²) >= 11 is 0. The van der Waals surface area contributed by atoms with Crippen molar-refractivity contribution in [3.05, 3.63) is 52.4 Å². The van der Waals surface area contributed by atoms with E-state index < -0.39 is 0 Å². The third-order valence-electron chi connectivity index (χ3n) is 3.94. The highest BCUT2D eigenvalue weighted by Gasteiger charge is 2.23. The van der Waals surface area contributed by atoms with E-state index in [1.54, 1.807) is 13.8 Å². The van der Waals surface area contributed by atoms with Gasteiger partial charge in [-0.05, 0) is 44.2 Å². The maximum absolute atomic E-state index is 12.3. The Kier molecular flexibility index (Phi) is 3.30. The van der Waals surface area contributed by atoms with Crippen LogP contribution in [0.15, 0.2) is 28.8 Å². The van der Waals surface area contributed by atoms with Crippen LogP contribution in [0.2, 0.25) is 0 Å². The Bertz CT molecular complexity index is 626. The van der Waals surface area contributed by atoms with Crippen LogP contribution in [-0.2, 0) is 12.8 Å². The highest BCUT2D eigenvalue weighted by Crippen LogP contribution is 2.22. The smallest absolute Gasteiger partial charge is 0.257 e. The molecule has 1 atom stereocenters. The van der Waals surface area contributed by atoms with Crippen molar-refractivity contribution >= 4 is 5.91 Å². The van der Waals surface area contributed by atoms with Gasteiger partial charge in [-0.15, -0.1) is 0 Å². The van der Waals surface area contributed by atoms with Crippen molar-refractivity contribution < 1.29 is 9.32 Å². The van der Waals surface area contributed by atoms with Crippen LogP contribution in [0.5, 0.6) is 0 Å². The Morgan fingerprint density at radius 1 is 1.30 bits per heavy atom. The summed E-state index contributed by atoms with van der Waals surface area (Å²) in [5.41, 5.74) is 3.96. The number of benzene rings is 1. The summed E-state index contributed by atoms with van der Waals surface area (Å²) in [6.45, 7) is 3.56. The van der Waals surface area contributed by atoms with E-state index in [0.29, 0.717) is 17.0 Å². The lowest BCUT2D eigenvalue weighted by Crippen LogP contribution is -2.39. The molecule has 1 aromatic heterocycles. The van der Waals surface area contributed by atoms with Gasteiger partial charge in [0.15, 0.2) is 0 Å². The number of nitrogens with one attached hydrogen (secondary N) is 1. The summed E-state index contributed by atoms with van der Waals surface area (Å²) in [5.74, 6) is 0.502. The molecule has 1 aliphatic rings. The Hall–Kier alpha value is -2.10. The lowest BCUT2D eigenvalue weighted by atomic mass is 9.88. The van der Waals surface area contributed by atoms with Gasteiger partial charge in [-0.25, -0.2) is 0 Å². The third-order valence-corrected chi connectivity index (χ3v) is 3.94. The first-order valence-electron chi connectivity index (χ1n) is 6.95. The fraction of sp³-hybridized carbons (Fsp3) is 0.375. The van der Waals surface area contributed by atoms with E-state index in [2.05, 4.69) is 34.7 Å². The molecule has 1 heterocycles. The largest absolute Gasteiger partial charge is 0.361 e. The molecule has 1 amide bonds. The maximum atomic E-state index is 12.3. The molecule has 1 aliphatic carbocycles. The molecule has 0 saturated carbocycles. The van der Waals surface area contributed by atoms with Gasteiger partial charge in [-0.1, -0.05) is 29.4 Å². The molecule has 4 nitrogen and oxygen atoms in total. The second-order valence-electron chi connectivity index (χ2n) is 5.38. The predicted molar refractivity (Wildman–Crippen MR) is 75.7 cm³/mol. The number of amides is 1. The predicted octanol–water partition coefficient (Wildman–Crippen LogP) is 2.58. The quantitative estimate of drug-likeness (QED) is 0.912. The van der Waals surface area contributed by atoms with Gasteiger partial charge in [0.1, 0.15) is 11.3 Å². The van der Waals surface area contributed by atoms with Crippen molar-refractivity contribution in [3.63, 3.8) is 0 Å². The molecule has 1 aromatic carbocycles. The highest BCUT2D eigenvalue weighted by atomic mass is 16.5. The summed E-state index contributed by atoms with van der Waals surface area (Å²) < 4.78 is 5.05. The van der Waals surface area contributed by atoms with Gasteiger partial charge in [0.25, 0.3) is 5.91 Å². The topological polar surface area (TPSA) is 55.1 Å². The van der Waals surface area contributed by atoms with E-state index in [9.17, 15) is 4.79 Å². The SMILES string of the molecule is Cc1noc(C)c1C(=O)NC1CCc2ccccc2C1. The van der Waals surface area contributed by atoms with Gasteiger partial charge in [0.05, 0.1) is 5.69 Å². The normalized spacial score (nSPS) is 17.6. The zero-order valence-electron chi connectivity index (χ0n) is 11.8. The molecule has 20 heavy (non-hydrogen) atoms. The molecule has 3 rings (SSSR count). The number of aromatic nitrogens is 1. The number of carbonyl (C=O) groups excluding carboxylic acids is 1. The average Bonchev–Trinajstić information content (AvgIpc) is 2.78. The molecular formula is C16H18N2O2. The molecule has 4 heteroatoms. The average molecular weight is 270 g/mol. The zero-order chi connectivity index (χ0) is 14.1. The first-order valence-corrected chi connectivity index (χ1v) is 6.95. The Labute approximate surface area is 118 Å². The fourth-order valence-electron chi connectivity index (χ4n) is 2.89. The van der Waals surface area contributed by atoms with Crippen LogP contribution >= 0.6 is 0 Å². The second kappa shape index (κ2) is 5.12. The molecule has 1 unspecified atom stereocenters. The van der Waals surface area contributed by atoms with Crippen LogP contribution in [0.4, 0.5) is 0 Å². The van der Waals surface area contributed by atoms with Crippen molar-refractivity contribution in [3.8, 4) is 0 Å². The molecule has 0 spiro atoms. The monoisotopic (exact) mass is 270 g/mol. The van der Waals surface area contributed by atoms with Crippen LogP contribution in [-0.4, -0.2) is 17.1 Å². The van der Waals surface area contributed by atoms with Gasteiger partial charge < -0.3 is 9.84 Å². The van der Waals surface area contributed by atoms with Gasteiger partial charge in [-0.3, -0.25) is 4.79 Å².